The molecule has 1 aliphatic heterocycles. The van der Waals surface area contributed by atoms with Crippen LogP contribution in [0.5, 0.6) is 0 Å². The standard InChI is InChI=1S/C21H23ClN4/c1-25(2)18-7-5-6-15(14-18)20-19-8-3-4-13-23-21(19)26(24-20)17-11-9-16(22)10-12-17/h5-7,9-12,14,23H,3-4,8,13H2,1-2H3. The van der Waals surface area contributed by atoms with Crippen LogP contribution in [0.2, 0.25) is 5.02 Å². The fourth-order valence-electron chi connectivity index (χ4n) is 3.43. The van der Waals surface area contributed by atoms with E-state index < -0.39 is 0 Å². The van der Waals surface area contributed by atoms with Gasteiger partial charge in [-0.2, -0.15) is 5.10 Å². The third-order valence-electron chi connectivity index (χ3n) is 4.84. The number of rotatable bonds is 3. The van der Waals surface area contributed by atoms with Crippen molar-refractivity contribution in [2.75, 3.05) is 30.9 Å². The zero-order valence-electron chi connectivity index (χ0n) is 15.2. The molecule has 0 bridgehead atoms. The molecule has 2 heterocycles. The van der Waals surface area contributed by atoms with Crippen molar-refractivity contribution >= 4 is 23.1 Å². The van der Waals surface area contributed by atoms with Crippen molar-refractivity contribution in [1.82, 2.24) is 9.78 Å². The molecule has 0 atom stereocenters. The molecular formula is C21H23ClN4. The Balaban J connectivity index is 1.87. The summed E-state index contributed by atoms with van der Waals surface area (Å²) in [5.41, 5.74) is 5.72. The number of hydrogen-bond acceptors (Lipinski definition) is 3. The first-order valence-corrected chi connectivity index (χ1v) is 9.41. The quantitative estimate of drug-likeness (QED) is 0.707. The van der Waals surface area contributed by atoms with Gasteiger partial charge in [-0.05, 0) is 55.7 Å². The monoisotopic (exact) mass is 366 g/mol. The fraction of sp³-hybridized carbons (Fsp3) is 0.286. The Kier molecular flexibility index (Phi) is 4.60. The van der Waals surface area contributed by atoms with E-state index in [9.17, 15) is 0 Å². The summed E-state index contributed by atoms with van der Waals surface area (Å²) in [5, 5.41) is 9.32. The zero-order chi connectivity index (χ0) is 18.1. The highest BCUT2D eigenvalue weighted by Gasteiger charge is 2.21. The molecule has 1 aromatic heterocycles. The second-order valence-electron chi connectivity index (χ2n) is 6.89. The van der Waals surface area contributed by atoms with Gasteiger partial charge in [-0.1, -0.05) is 23.7 Å². The van der Waals surface area contributed by atoms with Crippen LogP contribution in [-0.2, 0) is 6.42 Å². The molecule has 0 saturated carbocycles. The number of fused-ring (bicyclic) bond motifs is 1. The molecule has 4 rings (SSSR count). The van der Waals surface area contributed by atoms with Crippen LogP contribution in [0, 0.1) is 0 Å². The van der Waals surface area contributed by atoms with Gasteiger partial charge in [-0.25, -0.2) is 4.68 Å². The van der Waals surface area contributed by atoms with Crippen LogP contribution in [0.3, 0.4) is 0 Å². The predicted molar refractivity (Wildman–Crippen MR) is 110 cm³/mol. The summed E-state index contributed by atoms with van der Waals surface area (Å²) < 4.78 is 2.02. The molecule has 4 nitrogen and oxygen atoms in total. The van der Waals surface area contributed by atoms with Gasteiger partial charge in [0.05, 0.1) is 11.4 Å². The van der Waals surface area contributed by atoms with E-state index in [1.54, 1.807) is 0 Å². The Hall–Kier alpha value is -2.46. The minimum atomic E-state index is 0.735. The highest BCUT2D eigenvalue weighted by atomic mass is 35.5. The smallest absolute Gasteiger partial charge is 0.133 e. The SMILES string of the molecule is CN(C)c1cccc(-c2nn(-c3ccc(Cl)cc3)c3c2CCCCN3)c1. The average Bonchev–Trinajstić information content (AvgIpc) is 2.84. The molecule has 5 heteroatoms. The third-order valence-corrected chi connectivity index (χ3v) is 5.09. The number of aromatic nitrogens is 2. The molecule has 0 radical (unpaired) electrons. The average molecular weight is 367 g/mol. The molecule has 0 fully saturated rings. The molecule has 0 spiro atoms. The number of benzene rings is 2. The van der Waals surface area contributed by atoms with Gasteiger partial charge in [0.15, 0.2) is 0 Å². The van der Waals surface area contributed by atoms with Gasteiger partial charge in [-0.15, -0.1) is 0 Å². The fourth-order valence-corrected chi connectivity index (χ4v) is 3.56. The van der Waals surface area contributed by atoms with Crippen LogP contribution in [0.25, 0.3) is 16.9 Å². The largest absolute Gasteiger partial charge is 0.378 e. The van der Waals surface area contributed by atoms with Crippen LogP contribution >= 0.6 is 11.6 Å². The van der Waals surface area contributed by atoms with Crippen molar-refractivity contribution in [2.24, 2.45) is 0 Å². The minimum absolute atomic E-state index is 0.735. The molecule has 26 heavy (non-hydrogen) atoms. The van der Waals surface area contributed by atoms with Gasteiger partial charge >= 0.3 is 0 Å². The zero-order valence-corrected chi connectivity index (χ0v) is 15.9. The van der Waals surface area contributed by atoms with Crippen molar-refractivity contribution in [3.63, 3.8) is 0 Å². The van der Waals surface area contributed by atoms with E-state index >= 15 is 0 Å². The summed E-state index contributed by atoms with van der Waals surface area (Å²) in [6, 6.07) is 16.4. The van der Waals surface area contributed by atoms with Gasteiger partial charge in [0.2, 0.25) is 0 Å². The maximum Gasteiger partial charge on any atom is 0.133 e. The summed E-state index contributed by atoms with van der Waals surface area (Å²) in [6.45, 7) is 0.976. The van der Waals surface area contributed by atoms with Gasteiger partial charge in [0.1, 0.15) is 5.82 Å². The minimum Gasteiger partial charge on any atom is -0.378 e. The van der Waals surface area contributed by atoms with E-state index in [1.165, 1.54) is 24.1 Å². The lowest BCUT2D eigenvalue weighted by molar-refractivity contribution is 0.780. The number of nitrogens with zero attached hydrogens (tertiary/aromatic N) is 3. The lowest BCUT2D eigenvalue weighted by Crippen LogP contribution is -2.08. The molecule has 134 valence electrons. The highest BCUT2D eigenvalue weighted by molar-refractivity contribution is 6.30. The molecule has 2 aromatic carbocycles. The van der Waals surface area contributed by atoms with Crippen molar-refractivity contribution in [1.29, 1.82) is 0 Å². The molecule has 0 saturated heterocycles. The Labute approximate surface area is 159 Å². The first-order chi connectivity index (χ1) is 12.6. The number of hydrogen-bond donors (Lipinski definition) is 1. The molecule has 1 aliphatic rings. The third kappa shape index (κ3) is 3.17. The van der Waals surface area contributed by atoms with Crippen molar-refractivity contribution in [2.45, 2.75) is 19.3 Å². The van der Waals surface area contributed by atoms with Crippen molar-refractivity contribution in [3.8, 4) is 16.9 Å². The molecular weight excluding hydrogens is 344 g/mol. The highest BCUT2D eigenvalue weighted by Crippen LogP contribution is 2.35. The first-order valence-electron chi connectivity index (χ1n) is 9.03. The van der Waals surface area contributed by atoms with E-state index in [4.69, 9.17) is 16.7 Å². The summed E-state index contributed by atoms with van der Waals surface area (Å²) in [4.78, 5) is 2.12. The summed E-state index contributed by atoms with van der Waals surface area (Å²) in [6.07, 6.45) is 3.39. The van der Waals surface area contributed by atoms with Crippen LogP contribution in [0.4, 0.5) is 11.5 Å². The molecule has 1 N–H and O–H groups in total. The summed E-state index contributed by atoms with van der Waals surface area (Å²) in [7, 11) is 4.13. The summed E-state index contributed by atoms with van der Waals surface area (Å²) in [5.74, 6) is 1.11. The van der Waals surface area contributed by atoms with E-state index in [0.717, 1.165) is 40.8 Å². The second kappa shape index (κ2) is 7.04. The number of halogens is 1. The molecule has 0 amide bonds. The number of nitrogens with one attached hydrogen (secondary N) is 1. The van der Waals surface area contributed by atoms with Gasteiger partial charge < -0.3 is 10.2 Å². The lowest BCUT2D eigenvalue weighted by atomic mass is 10.0. The van der Waals surface area contributed by atoms with E-state index in [2.05, 4.69) is 48.6 Å². The van der Waals surface area contributed by atoms with Crippen LogP contribution in [-0.4, -0.2) is 30.4 Å². The maximum atomic E-state index is 6.07. The predicted octanol–water partition coefficient (Wildman–Crippen LogP) is 5.01. The topological polar surface area (TPSA) is 33.1 Å². The molecule has 3 aromatic rings. The van der Waals surface area contributed by atoms with E-state index in [-0.39, 0.29) is 0 Å². The lowest BCUT2D eigenvalue weighted by Gasteiger charge is -2.13. The first kappa shape index (κ1) is 17.0. The Morgan fingerprint density at radius 1 is 1.08 bits per heavy atom. The Morgan fingerprint density at radius 3 is 2.65 bits per heavy atom. The molecule has 0 aliphatic carbocycles. The van der Waals surface area contributed by atoms with Crippen LogP contribution in [0.15, 0.2) is 48.5 Å². The molecule has 0 unspecified atom stereocenters. The van der Waals surface area contributed by atoms with Gasteiger partial charge in [0.25, 0.3) is 0 Å². The Morgan fingerprint density at radius 2 is 1.88 bits per heavy atom. The second-order valence-corrected chi connectivity index (χ2v) is 7.33. The van der Waals surface area contributed by atoms with E-state index in [0.29, 0.717) is 0 Å². The normalized spacial score (nSPS) is 13.7. The van der Waals surface area contributed by atoms with Crippen molar-refractivity contribution < 1.29 is 0 Å². The summed E-state index contributed by atoms with van der Waals surface area (Å²) >= 11 is 6.07. The van der Waals surface area contributed by atoms with Crippen LogP contribution in [0.1, 0.15) is 18.4 Å². The Bertz CT molecular complexity index is 912. The number of anilines is 2. The van der Waals surface area contributed by atoms with Gasteiger partial charge in [0, 0.05) is 42.5 Å². The van der Waals surface area contributed by atoms with Crippen molar-refractivity contribution in [3.05, 3.63) is 59.1 Å². The van der Waals surface area contributed by atoms with Gasteiger partial charge in [-0.3, -0.25) is 0 Å². The van der Waals surface area contributed by atoms with E-state index in [1.807, 2.05) is 28.9 Å². The maximum absolute atomic E-state index is 6.07. The van der Waals surface area contributed by atoms with Crippen LogP contribution < -0.4 is 10.2 Å².